The largest absolute Gasteiger partial charge is 0.400 e. The number of aromatic nitrogens is 2. The van der Waals surface area contributed by atoms with Gasteiger partial charge < -0.3 is 26.2 Å². The minimum absolute atomic E-state index is 0.0591. The number of alkyl halides is 2. The Balaban J connectivity index is 2.03. The van der Waals surface area contributed by atoms with E-state index in [4.69, 9.17) is 21.3 Å². The minimum Gasteiger partial charge on any atom is -0.400 e. The molecule has 1 aliphatic rings. The van der Waals surface area contributed by atoms with E-state index in [1.807, 2.05) is 0 Å². The summed E-state index contributed by atoms with van der Waals surface area (Å²) in [5.74, 6) is -4.80. The van der Waals surface area contributed by atoms with E-state index in [1.54, 1.807) is 11.8 Å². The molecule has 7 N–H and O–H groups in total. The molecular weight excluding hydrogens is 505 g/mol. The van der Waals surface area contributed by atoms with E-state index in [-0.39, 0.29) is 34.2 Å². The molecule has 2 heterocycles. The number of nitrogens with two attached hydrogens (primary N) is 2. The number of anilines is 2. The first-order valence-electron chi connectivity index (χ1n) is 12.0. The van der Waals surface area contributed by atoms with Gasteiger partial charge in [0.2, 0.25) is 5.91 Å². The third-order valence-electron chi connectivity index (χ3n) is 7.06. The zero-order valence-corrected chi connectivity index (χ0v) is 21.8. The highest BCUT2D eigenvalue weighted by Gasteiger charge is 2.39. The van der Waals surface area contributed by atoms with Crippen LogP contribution < -0.4 is 27.4 Å². The lowest BCUT2D eigenvalue weighted by Gasteiger charge is -2.41. The van der Waals surface area contributed by atoms with Crippen molar-refractivity contribution in [1.82, 2.24) is 9.58 Å². The van der Waals surface area contributed by atoms with Gasteiger partial charge in [0.25, 0.3) is 5.92 Å². The van der Waals surface area contributed by atoms with Crippen molar-refractivity contribution in [2.75, 3.05) is 37.9 Å². The van der Waals surface area contributed by atoms with E-state index < -0.39 is 41.1 Å². The standard InChI is InChI=1S/C25H33F3N6O4/c1-14(16-6-5-7-18(20(16)26)25(27,28)13-35)31-22-17(21(30)23(37)33(3)32-22)12-19(29)24(38-4)8-10-34(11-9-24)15(2)36/h5-7,12,14,35H,8-11,13,29-30H2,1-4H3,(H,31,32)/p+1/b19-12-/t14-/m1/s1. The van der Waals surface area contributed by atoms with Crippen molar-refractivity contribution in [2.45, 2.75) is 44.3 Å². The van der Waals surface area contributed by atoms with Crippen LogP contribution in [-0.2, 0) is 22.5 Å². The Labute approximate surface area is 218 Å². The van der Waals surface area contributed by atoms with Gasteiger partial charge in [-0.3, -0.25) is 14.9 Å². The first kappa shape index (κ1) is 29.0. The van der Waals surface area contributed by atoms with E-state index in [0.717, 1.165) is 10.7 Å². The minimum atomic E-state index is -3.76. The number of ether oxygens (including phenoxy) is 1. The van der Waals surface area contributed by atoms with Gasteiger partial charge in [-0.25, -0.2) is 4.39 Å². The van der Waals surface area contributed by atoms with Crippen molar-refractivity contribution >= 4 is 23.5 Å². The third-order valence-corrected chi connectivity index (χ3v) is 7.06. The number of amides is 1. The number of hydrogen-bond acceptors (Lipinski definition) is 7. The Morgan fingerprint density at radius 2 is 2.00 bits per heavy atom. The van der Waals surface area contributed by atoms with Gasteiger partial charge in [0.15, 0.2) is 0 Å². The van der Waals surface area contributed by atoms with Gasteiger partial charge in [-0.15, -0.1) is 0 Å². The van der Waals surface area contributed by atoms with Crippen LogP contribution >= 0.6 is 0 Å². The molecule has 3 rings (SSSR count). The molecule has 1 atom stereocenters. The highest BCUT2D eigenvalue weighted by molar-refractivity contribution is 5.75. The molecule has 0 bridgehead atoms. The lowest BCUT2D eigenvalue weighted by atomic mass is 9.87. The summed E-state index contributed by atoms with van der Waals surface area (Å²) in [6, 6.07) is 2.64. The molecule has 1 aromatic heterocycles. The van der Waals surface area contributed by atoms with Gasteiger partial charge >= 0.3 is 11.4 Å². The lowest BCUT2D eigenvalue weighted by Crippen LogP contribution is -2.49. The molecule has 1 saturated heterocycles. The number of aliphatic hydroxyl groups excluding tert-OH is 1. The molecule has 0 aliphatic carbocycles. The number of aliphatic hydroxyl groups is 1. The van der Waals surface area contributed by atoms with Crippen molar-refractivity contribution in [3.8, 4) is 0 Å². The average Bonchev–Trinajstić information content (AvgIpc) is 2.89. The monoisotopic (exact) mass is 539 g/mol. The zero-order valence-electron chi connectivity index (χ0n) is 21.8. The topological polar surface area (TPSA) is 150 Å². The maximum absolute atomic E-state index is 15.1. The van der Waals surface area contributed by atoms with Crippen molar-refractivity contribution in [1.29, 1.82) is 0 Å². The second kappa shape index (κ2) is 11.0. The number of nitrogens with one attached hydrogen (secondary N) is 2. The van der Waals surface area contributed by atoms with Crippen LogP contribution in [0, 0.1) is 5.82 Å². The number of aryl methyl sites for hydroxylation is 1. The molecule has 1 amide bonds. The predicted octanol–water partition coefficient (Wildman–Crippen LogP) is 1.50. The van der Waals surface area contributed by atoms with Gasteiger partial charge in [-0.1, -0.05) is 12.1 Å². The number of carbonyl (C=O) groups excluding carboxylic acids is 1. The van der Waals surface area contributed by atoms with Crippen LogP contribution in [0.4, 0.5) is 24.7 Å². The normalized spacial score (nSPS) is 16.8. The Hall–Kier alpha value is -3.58. The van der Waals surface area contributed by atoms with E-state index in [0.29, 0.717) is 25.9 Å². The second-order valence-corrected chi connectivity index (χ2v) is 9.42. The molecule has 1 aliphatic heterocycles. The summed E-state index contributed by atoms with van der Waals surface area (Å²) in [6.07, 6.45) is 2.31. The highest BCUT2D eigenvalue weighted by atomic mass is 19.3. The summed E-state index contributed by atoms with van der Waals surface area (Å²) in [7, 11) is 2.94. The molecule has 38 heavy (non-hydrogen) atoms. The second-order valence-electron chi connectivity index (χ2n) is 9.42. The Morgan fingerprint density at radius 3 is 2.55 bits per heavy atom. The molecule has 208 valence electrons. The maximum Gasteiger partial charge on any atom is 0.305 e. The van der Waals surface area contributed by atoms with Crippen molar-refractivity contribution in [3.63, 3.8) is 0 Å². The van der Waals surface area contributed by atoms with Crippen LogP contribution in [0.25, 0.3) is 6.08 Å². The number of benzene rings is 1. The molecule has 1 fully saturated rings. The van der Waals surface area contributed by atoms with Crippen LogP contribution in [0.15, 0.2) is 28.7 Å². The molecule has 1 aromatic carbocycles. The number of piperidine rings is 1. The number of H-pyrrole nitrogens is 1. The van der Waals surface area contributed by atoms with Gasteiger partial charge in [-0.2, -0.15) is 18.6 Å². The molecular formula is C25H34F3N6O4+. The fourth-order valence-electron chi connectivity index (χ4n) is 4.60. The molecule has 13 heteroatoms. The summed E-state index contributed by atoms with van der Waals surface area (Å²) in [5, 5.41) is 14.8. The fourth-order valence-corrected chi connectivity index (χ4v) is 4.60. The average molecular weight is 540 g/mol. The first-order chi connectivity index (χ1) is 17.8. The number of nitrogen functional groups attached to an aromatic ring is 1. The first-order valence-corrected chi connectivity index (χ1v) is 12.0. The van der Waals surface area contributed by atoms with Crippen LogP contribution in [0.3, 0.4) is 0 Å². The Kier molecular flexibility index (Phi) is 8.42. The van der Waals surface area contributed by atoms with Crippen LogP contribution in [-0.4, -0.2) is 53.0 Å². The lowest BCUT2D eigenvalue weighted by molar-refractivity contribution is -0.478. The number of likely N-dealkylation sites (tertiary alicyclic amines) is 1. The molecule has 10 nitrogen and oxygen atoms in total. The highest BCUT2D eigenvalue weighted by Crippen LogP contribution is 2.35. The number of halogens is 3. The van der Waals surface area contributed by atoms with Gasteiger partial charge in [0.1, 0.15) is 29.8 Å². The maximum atomic E-state index is 15.1. The van der Waals surface area contributed by atoms with Crippen molar-refractivity contribution < 1.29 is 32.9 Å². The summed E-state index contributed by atoms with van der Waals surface area (Å²) < 4.78 is 50.1. The summed E-state index contributed by atoms with van der Waals surface area (Å²) in [4.78, 5) is 26.1. The van der Waals surface area contributed by atoms with Gasteiger partial charge in [0, 0.05) is 38.4 Å². The van der Waals surface area contributed by atoms with Crippen molar-refractivity contribution in [3.05, 3.63) is 56.8 Å². The van der Waals surface area contributed by atoms with Gasteiger partial charge in [0.05, 0.1) is 18.2 Å². The predicted molar refractivity (Wildman–Crippen MR) is 135 cm³/mol. The number of aromatic amines is 1. The summed E-state index contributed by atoms with van der Waals surface area (Å²) in [5.41, 5.74) is 10.4. The molecule has 0 radical (unpaired) electrons. The van der Waals surface area contributed by atoms with Crippen molar-refractivity contribution in [2.24, 2.45) is 12.8 Å². The molecule has 0 saturated carbocycles. The Bertz CT molecular complexity index is 1290. The molecule has 2 aromatic rings. The van der Waals surface area contributed by atoms with Gasteiger partial charge in [-0.05, 0) is 31.9 Å². The molecule has 0 spiro atoms. The van der Waals surface area contributed by atoms with E-state index in [9.17, 15) is 18.4 Å². The zero-order chi connectivity index (χ0) is 28.4. The third kappa shape index (κ3) is 5.48. The smallest absolute Gasteiger partial charge is 0.305 e. The number of nitrogens with zero attached hydrogens (tertiary/aromatic N) is 2. The van der Waals surface area contributed by atoms with E-state index >= 15 is 4.39 Å². The number of carbonyl (C=O) groups is 1. The summed E-state index contributed by atoms with van der Waals surface area (Å²) in [6.45, 7) is 2.33. The number of rotatable bonds is 8. The van der Waals surface area contributed by atoms with E-state index in [1.165, 1.54) is 39.3 Å². The SMILES string of the molecule is COC1(/C(N)=C/c2c(N[C@H](C)c3cccc(C(F)(F)CO)c3F)[nH+]n(C)c(=O)c2N)CCN(C(C)=O)CC1. The Morgan fingerprint density at radius 1 is 1.37 bits per heavy atom. The number of methoxy groups -OCH3 is 1. The van der Waals surface area contributed by atoms with E-state index in [2.05, 4.69) is 10.4 Å². The summed E-state index contributed by atoms with van der Waals surface area (Å²) >= 11 is 0. The van der Waals surface area contributed by atoms with Crippen LogP contribution in [0.2, 0.25) is 0 Å². The number of hydrogen-bond donors (Lipinski definition) is 4. The van der Waals surface area contributed by atoms with Crippen LogP contribution in [0.5, 0.6) is 0 Å². The quantitative estimate of drug-likeness (QED) is 0.397. The molecule has 0 unspecified atom stereocenters. The van der Waals surface area contributed by atoms with Crippen LogP contribution in [0.1, 0.15) is 49.4 Å². The fraction of sp³-hybridized carbons (Fsp3) is 0.480.